The number of benzene rings is 2. The molecule has 22 heavy (non-hydrogen) atoms. The average molecular weight is 301 g/mol. The molecule has 0 bridgehead atoms. The van der Waals surface area contributed by atoms with Crippen LogP contribution in [0.3, 0.4) is 0 Å². The van der Waals surface area contributed by atoms with Crippen molar-refractivity contribution in [2.75, 3.05) is 6.54 Å². The van der Waals surface area contributed by atoms with E-state index in [9.17, 15) is 14.3 Å². The zero-order valence-corrected chi connectivity index (χ0v) is 12.6. The van der Waals surface area contributed by atoms with Crippen molar-refractivity contribution < 1.29 is 14.3 Å². The number of aliphatic hydroxyl groups excluding tert-OH is 1. The number of halogens is 1. The molecular weight excluding hydrogens is 281 g/mol. The molecule has 0 heterocycles. The zero-order chi connectivity index (χ0) is 15.9. The first kappa shape index (κ1) is 16.2. The largest absolute Gasteiger partial charge is 0.387 e. The molecule has 2 N–H and O–H groups in total. The van der Waals surface area contributed by atoms with Gasteiger partial charge in [0.2, 0.25) is 5.91 Å². The Morgan fingerprint density at radius 2 is 1.95 bits per heavy atom. The third-order valence-corrected chi connectivity index (χ3v) is 3.49. The van der Waals surface area contributed by atoms with Crippen LogP contribution in [0.15, 0.2) is 48.5 Å². The maximum Gasteiger partial charge on any atom is 0.220 e. The summed E-state index contributed by atoms with van der Waals surface area (Å²) in [5, 5.41) is 12.6. The minimum atomic E-state index is -0.904. The van der Waals surface area contributed by atoms with E-state index in [-0.39, 0.29) is 12.5 Å². The van der Waals surface area contributed by atoms with Gasteiger partial charge < -0.3 is 10.4 Å². The van der Waals surface area contributed by atoms with E-state index in [4.69, 9.17) is 0 Å². The van der Waals surface area contributed by atoms with Crippen LogP contribution in [-0.4, -0.2) is 17.6 Å². The SMILES string of the molecule is Cc1ccc(CCC(=O)NCC(O)c2cccc(F)c2)cc1. The van der Waals surface area contributed by atoms with Gasteiger partial charge in [0, 0.05) is 13.0 Å². The van der Waals surface area contributed by atoms with Gasteiger partial charge in [-0.2, -0.15) is 0 Å². The third-order valence-electron chi connectivity index (χ3n) is 3.49. The van der Waals surface area contributed by atoms with Crippen LogP contribution in [0.5, 0.6) is 0 Å². The monoisotopic (exact) mass is 301 g/mol. The first-order chi connectivity index (χ1) is 10.5. The zero-order valence-electron chi connectivity index (χ0n) is 12.6. The Hall–Kier alpha value is -2.20. The maximum absolute atomic E-state index is 13.1. The van der Waals surface area contributed by atoms with Crippen LogP contribution in [0, 0.1) is 12.7 Å². The van der Waals surface area contributed by atoms with Crippen LogP contribution >= 0.6 is 0 Å². The number of amides is 1. The van der Waals surface area contributed by atoms with Crippen LogP contribution < -0.4 is 5.32 Å². The highest BCUT2D eigenvalue weighted by Gasteiger charge is 2.10. The normalized spacial score (nSPS) is 12.0. The lowest BCUT2D eigenvalue weighted by atomic mass is 10.1. The second-order valence-electron chi connectivity index (χ2n) is 5.36. The molecule has 0 aliphatic rings. The molecule has 0 aliphatic carbocycles. The van der Waals surface area contributed by atoms with Gasteiger partial charge in [-0.3, -0.25) is 4.79 Å². The number of nitrogens with one attached hydrogen (secondary N) is 1. The number of hydrogen-bond acceptors (Lipinski definition) is 2. The molecule has 0 aliphatic heterocycles. The van der Waals surface area contributed by atoms with E-state index in [1.54, 1.807) is 6.07 Å². The summed E-state index contributed by atoms with van der Waals surface area (Å²) < 4.78 is 13.1. The van der Waals surface area contributed by atoms with Crippen molar-refractivity contribution in [1.82, 2.24) is 5.32 Å². The smallest absolute Gasteiger partial charge is 0.220 e. The summed E-state index contributed by atoms with van der Waals surface area (Å²) in [5.41, 5.74) is 2.75. The molecule has 0 aromatic heterocycles. The summed E-state index contributed by atoms with van der Waals surface area (Å²) in [7, 11) is 0. The van der Waals surface area contributed by atoms with Crippen molar-refractivity contribution in [1.29, 1.82) is 0 Å². The molecule has 2 aromatic rings. The lowest BCUT2D eigenvalue weighted by Crippen LogP contribution is -2.28. The Labute approximate surface area is 129 Å². The molecule has 4 heteroatoms. The van der Waals surface area contributed by atoms with Gasteiger partial charge in [-0.15, -0.1) is 0 Å². The average Bonchev–Trinajstić information content (AvgIpc) is 2.52. The summed E-state index contributed by atoms with van der Waals surface area (Å²) in [4.78, 5) is 11.8. The Morgan fingerprint density at radius 1 is 1.23 bits per heavy atom. The van der Waals surface area contributed by atoms with E-state index in [1.807, 2.05) is 31.2 Å². The van der Waals surface area contributed by atoms with Crippen molar-refractivity contribution in [3.8, 4) is 0 Å². The van der Waals surface area contributed by atoms with Gasteiger partial charge in [0.1, 0.15) is 5.82 Å². The highest BCUT2D eigenvalue weighted by molar-refractivity contribution is 5.76. The topological polar surface area (TPSA) is 49.3 Å². The summed E-state index contributed by atoms with van der Waals surface area (Å²) >= 11 is 0. The predicted molar refractivity (Wildman–Crippen MR) is 83.9 cm³/mol. The minimum absolute atomic E-state index is 0.0795. The first-order valence-corrected chi connectivity index (χ1v) is 7.30. The van der Waals surface area contributed by atoms with Crippen LogP contribution in [-0.2, 0) is 11.2 Å². The third kappa shape index (κ3) is 4.97. The summed E-state index contributed by atoms with van der Waals surface area (Å²) in [5.74, 6) is -0.529. The van der Waals surface area contributed by atoms with Gasteiger partial charge in [-0.1, -0.05) is 42.0 Å². The number of hydrogen-bond donors (Lipinski definition) is 2. The number of carbonyl (C=O) groups is 1. The number of carbonyl (C=O) groups excluding carboxylic acids is 1. The molecule has 0 spiro atoms. The second kappa shape index (κ2) is 7.71. The molecule has 0 saturated heterocycles. The molecule has 1 unspecified atom stereocenters. The van der Waals surface area contributed by atoms with E-state index in [0.29, 0.717) is 18.4 Å². The summed E-state index contributed by atoms with van der Waals surface area (Å²) in [6.07, 6.45) is 0.111. The van der Waals surface area contributed by atoms with Crippen LogP contribution in [0.1, 0.15) is 29.2 Å². The second-order valence-corrected chi connectivity index (χ2v) is 5.36. The number of rotatable bonds is 6. The van der Waals surface area contributed by atoms with Gasteiger partial charge in [-0.05, 0) is 36.6 Å². The van der Waals surface area contributed by atoms with Crippen LogP contribution in [0.2, 0.25) is 0 Å². The van der Waals surface area contributed by atoms with Crippen LogP contribution in [0.4, 0.5) is 4.39 Å². The number of aryl methyl sites for hydroxylation is 2. The molecule has 116 valence electrons. The van der Waals surface area contributed by atoms with Crippen molar-refractivity contribution in [3.05, 3.63) is 71.0 Å². The van der Waals surface area contributed by atoms with Crippen molar-refractivity contribution in [2.24, 2.45) is 0 Å². The summed E-state index contributed by atoms with van der Waals surface area (Å²) in [6.45, 7) is 2.10. The molecule has 2 aromatic carbocycles. The van der Waals surface area contributed by atoms with Gasteiger partial charge in [0.05, 0.1) is 6.10 Å². The lowest BCUT2D eigenvalue weighted by Gasteiger charge is -2.12. The van der Waals surface area contributed by atoms with Crippen molar-refractivity contribution in [2.45, 2.75) is 25.9 Å². The van der Waals surface area contributed by atoms with E-state index in [0.717, 1.165) is 5.56 Å². The summed E-state index contributed by atoms with van der Waals surface area (Å²) in [6, 6.07) is 13.8. The van der Waals surface area contributed by atoms with E-state index >= 15 is 0 Å². The molecular formula is C18H20FNO2. The van der Waals surface area contributed by atoms with Gasteiger partial charge in [0.15, 0.2) is 0 Å². The minimum Gasteiger partial charge on any atom is -0.387 e. The highest BCUT2D eigenvalue weighted by atomic mass is 19.1. The molecule has 0 saturated carbocycles. The maximum atomic E-state index is 13.1. The van der Waals surface area contributed by atoms with Crippen molar-refractivity contribution in [3.63, 3.8) is 0 Å². The Balaban J connectivity index is 1.76. The fraction of sp³-hybridized carbons (Fsp3) is 0.278. The highest BCUT2D eigenvalue weighted by Crippen LogP contribution is 2.13. The van der Waals surface area contributed by atoms with E-state index in [2.05, 4.69) is 5.32 Å². The molecule has 2 rings (SSSR count). The molecule has 1 amide bonds. The van der Waals surface area contributed by atoms with E-state index < -0.39 is 11.9 Å². The fourth-order valence-electron chi connectivity index (χ4n) is 2.14. The fourth-order valence-corrected chi connectivity index (χ4v) is 2.14. The molecule has 0 fully saturated rings. The van der Waals surface area contributed by atoms with Gasteiger partial charge >= 0.3 is 0 Å². The van der Waals surface area contributed by atoms with Gasteiger partial charge in [0.25, 0.3) is 0 Å². The van der Waals surface area contributed by atoms with Crippen molar-refractivity contribution >= 4 is 5.91 Å². The quantitative estimate of drug-likeness (QED) is 0.862. The molecule has 1 atom stereocenters. The van der Waals surface area contributed by atoms with Gasteiger partial charge in [-0.25, -0.2) is 4.39 Å². The standard InChI is InChI=1S/C18H20FNO2/c1-13-5-7-14(8-6-13)9-10-18(22)20-12-17(21)15-3-2-4-16(19)11-15/h2-8,11,17,21H,9-10,12H2,1H3,(H,20,22). The predicted octanol–water partition coefficient (Wildman–Crippen LogP) is 2.92. The lowest BCUT2D eigenvalue weighted by molar-refractivity contribution is -0.121. The van der Waals surface area contributed by atoms with Crippen LogP contribution in [0.25, 0.3) is 0 Å². The Morgan fingerprint density at radius 3 is 2.64 bits per heavy atom. The first-order valence-electron chi connectivity index (χ1n) is 7.30. The molecule has 0 radical (unpaired) electrons. The number of aliphatic hydroxyl groups is 1. The van der Waals surface area contributed by atoms with E-state index in [1.165, 1.54) is 23.8 Å². The Bertz CT molecular complexity index is 625. The Kier molecular flexibility index (Phi) is 5.67. The molecule has 3 nitrogen and oxygen atoms in total.